The summed E-state index contributed by atoms with van der Waals surface area (Å²) < 4.78 is 24.5. The summed E-state index contributed by atoms with van der Waals surface area (Å²) in [4.78, 5) is 4.44. The number of halogens is 1. The summed E-state index contributed by atoms with van der Waals surface area (Å²) in [6, 6.07) is 7.40. The zero-order chi connectivity index (χ0) is 14.8. The van der Waals surface area contributed by atoms with Crippen molar-refractivity contribution in [3.05, 3.63) is 29.6 Å². The zero-order valence-electron chi connectivity index (χ0n) is 11.0. The van der Waals surface area contributed by atoms with Crippen molar-refractivity contribution >= 4 is 32.5 Å². The molecule has 0 atom stereocenters. The fourth-order valence-corrected chi connectivity index (χ4v) is 2.75. The Bertz CT molecular complexity index is 775. The maximum absolute atomic E-state index is 11.3. The van der Waals surface area contributed by atoms with Gasteiger partial charge >= 0.3 is 0 Å². The van der Waals surface area contributed by atoms with Gasteiger partial charge in [0, 0.05) is 25.1 Å². The standard InChI is InChI=1S/C13H14ClN3O2S/c1-20(18,19)8-7-17-11-4-2-3-10(9-15)13(11)16-12(17)5-6-14/h2-4H,5-8H2,1H3. The monoisotopic (exact) mass is 311 g/mol. The number of nitrogens with zero attached hydrogens (tertiary/aromatic N) is 3. The highest BCUT2D eigenvalue weighted by Crippen LogP contribution is 2.20. The summed E-state index contributed by atoms with van der Waals surface area (Å²) in [7, 11) is -3.06. The Labute approximate surface area is 122 Å². The van der Waals surface area contributed by atoms with Crippen LogP contribution in [0.5, 0.6) is 0 Å². The van der Waals surface area contributed by atoms with E-state index < -0.39 is 9.84 Å². The van der Waals surface area contributed by atoms with Crippen molar-refractivity contribution in [2.45, 2.75) is 13.0 Å². The number of benzene rings is 1. The molecule has 1 heterocycles. The summed E-state index contributed by atoms with van der Waals surface area (Å²) >= 11 is 5.76. The van der Waals surface area contributed by atoms with E-state index in [4.69, 9.17) is 16.9 Å². The largest absolute Gasteiger partial charge is 0.327 e. The van der Waals surface area contributed by atoms with Gasteiger partial charge in [0.2, 0.25) is 0 Å². The van der Waals surface area contributed by atoms with Crippen LogP contribution in [-0.2, 0) is 22.8 Å². The molecule has 0 unspecified atom stereocenters. The van der Waals surface area contributed by atoms with E-state index in [0.29, 0.717) is 35.8 Å². The van der Waals surface area contributed by atoms with Crippen LogP contribution in [0.4, 0.5) is 0 Å². The molecule has 2 aromatic rings. The average Bonchev–Trinajstić information content (AvgIpc) is 2.73. The second-order valence-electron chi connectivity index (χ2n) is 4.53. The predicted molar refractivity (Wildman–Crippen MR) is 78.6 cm³/mol. The molecule has 0 amide bonds. The van der Waals surface area contributed by atoms with E-state index in [1.807, 2.05) is 10.6 Å². The molecule has 20 heavy (non-hydrogen) atoms. The summed E-state index contributed by atoms with van der Waals surface area (Å²) in [6.07, 6.45) is 1.74. The van der Waals surface area contributed by atoms with Crippen molar-refractivity contribution in [2.75, 3.05) is 17.9 Å². The van der Waals surface area contributed by atoms with Crippen LogP contribution in [0.3, 0.4) is 0 Å². The summed E-state index contributed by atoms with van der Waals surface area (Å²) in [6.45, 7) is 0.316. The molecule has 0 aliphatic heterocycles. The van der Waals surface area contributed by atoms with Crippen molar-refractivity contribution in [1.29, 1.82) is 5.26 Å². The molecule has 0 saturated carbocycles. The highest BCUT2D eigenvalue weighted by atomic mass is 35.5. The maximum atomic E-state index is 11.3. The number of para-hydroxylation sites is 1. The van der Waals surface area contributed by atoms with Gasteiger partial charge in [0.05, 0.1) is 16.8 Å². The summed E-state index contributed by atoms with van der Waals surface area (Å²) in [5.41, 5.74) is 1.85. The molecule has 1 aromatic heterocycles. The molecule has 0 radical (unpaired) electrons. The van der Waals surface area contributed by atoms with E-state index in [0.717, 1.165) is 5.52 Å². The van der Waals surface area contributed by atoms with Gasteiger partial charge in [0.15, 0.2) is 0 Å². The van der Waals surface area contributed by atoms with E-state index in [1.165, 1.54) is 6.26 Å². The number of imidazole rings is 1. The van der Waals surface area contributed by atoms with Crippen molar-refractivity contribution in [2.24, 2.45) is 0 Å². The van der Waals surface area contributed by atoms with E-state index in [-0.39, 0.29) is 5.75 Å². The Morgan fingerprint density at radius 2 is 2.20 bits per heavy atom. The number of sulfone groups is 1. The Morgan fingerprint density at radius 3 is 2.80 bits per heavy atom. The highest BCUT2D eigenvalue weighted by molar-refractivity contribution is 7.90. The smallest absolute Gasteiger partial charge is 0.149 e. The summed E-state index contributed by atoms with van der Waals surface area (Å²) in [5, 5.41) is 9.10. The Kier molecular flexibility index (Phi) is 4.31. The average molecular weight is 312 g/mol. The van der Waals surface area contributed by atoms with Crippen LogP contribution in [0, 0.1) is 11.3 Å². The Hall–Kier alpha value is -1.58. The third-order valence-corrected chi connectivity index (χ3v) is 4.10. The van der Waals surface area contributed by atoms with E-state index in [2.05, 4.69) is 11.1 Å². The van der Waals surface area contributed by atoms with Gasteiger partial charge in [-0.1, -0.05) is 6.07 Å². The molecule has 0 fully saturated rings. The maximum Gasteiger partial charge on any atom is 0.149 e. The minimum absolute atomic E-state index is 0.0323. The molecule has 0 aliphatic rings. The van der Waals surface area contributed by atoms with Crippen LogP contribution in [0.25, 0.3) is 11.0 Å². The SMILES string of the molecule is CS(=O)(=O)CCn1c(CCCl)nc2c(C#N)cccc21. The number of hydrogen-bond donors (Lipinski definition) is 0. The molecule has 0 aliphatic carbocycles. The minimum atomic E-state index is -3.06. The van der Waals surface area contributed by atoms with Crippen LogP contribution in [0.1, 0.15) is 11.4 Å². The predicted octanol–water partition coefficient (Wildman–Crippen LogP) is 1.73. The molecule has 0 N–H and O–H groups in total. The molecule has 2 rings (SSSR count). The number of alkyl halides is 1. The van der Waals surface area contributed by atoms with Gasteiger partial charge in [-0.3, -0.25) is 0 Å². The van der Waals surface area contributed by atoms with Crippen molar-refractivity contribution < 1.29 is 8.42 Å². The molecule has 1 aromatic carbocycles. The number of nitriles is 1. The van der Waals surface area contributed by atoms with Gasteiger partial charge in [0.25, 0.3) is 0 Å². The minimum Gasteiger partial charge on any atom is -0.327 e. The third kappa shape index (κ3) is 3.11. The van der Waals surface area contributed by atoms with Crippen molar-refractivity contribution in [3.63, 3.8) is 0 Å². The van der Waals surface area contributed by atoms with E-state index >= 15 is 0 Å². The fourth-order valence-electron chi connectivity index (χ4n) is 2.07. The first-order chi connectivity index (χ1) is 9.46. The lowest BCUT2D eigenvalue weighted by atomic mass is 10.2. The van der Waals surface area contributed by atoms with Gasteiger partial charge in [-0.25, -0.2) is 13.4 Å². The zero-order valence-corrected chi connectivity index (χ0v) is 12.6. The van der Waals surface area contributed by atoms with Crippen LogP contribution in [-0.4, -0.2) is 35.9 Å². The second kappa shape index (κ2) is 5.81. The van der Waals surface area contributed by atoms with E-state index in [1.54, 1.807) is 12.1 Å². The van der Waals surface area contributed by atoms with Gasteiger partial charge < -0.3 is 4.57 Å². The van der Waals surface area contributed by atoms with E-state index in [9.17, 15) is 8.42 Å². The second-order valence-corrected chi connectivity index (χ2v) is 7.17. The van der Waals surface area contributed by atoms with Gasteiger partial charge in [-0.2, -0.15) is 5.26 Å². The molecular formula is C13H14ClN3O2S. The Balaban J connectivity index is 2.55. The third-order valence-electron chi connectivity index (χ3n) is 2.98. The topological polar surface area (TPSA) is 75.8 Å². The number of aryl methyl sites for hydroxylation is 2. The molecule has 0 bridgehead atoms. The number of aromatic nitrogens is 2. The quantitative estimate of drug-likeness (QED) is 0.788. The first-order valence-electron chi connectivity index (χ1n) is 6.08. The fraction of sp³-hybridized carbons (Fsp3) is 0.385. The molecular weight excluding hydrogens is 298 g/mol. The molecule has 7 heteroatoms. The van der Waals surface area contributed by atoms with Crippen LogP contribution in [0.2, 0.25) is 0 Å². The van der Waals surface area contributed by atoms with Gasteiger partial charge in [0.1, 0.15) is 27.2 Å². The Morgan fingerprint density at radius 1 is 1.45 bits per heavy atom. The summed E-state index contributed by atoms with van der Waals surface area (Å²) in [5.74, 6) is 1.13. The molecule has 106 valence electrons. The number of fused-ring (bicyclic) bond motifs is 1. The first-order valence-corrected chi connectivity index (χ1v) is 8.67. The molecule has 0 saturated heterocycles. The van der Waals surface area contributed by atoms with Gasteiger partial charge in [-0.15, -0.1) is 11.6 Å². The van der Waals surface area contributed by atoms with Crippen LogP contribution in [0.15, 0.2) is 18.2 Å². The van der Waals surface area contributed by atoms with Crippen molar-refractivity contribution in [1.82, 2.24) is 9.55 Å². The molecule has 5 nitrogen and oxygen atoms in total. The highest BCUT2D eigenvalue weighted by Gasteiger charge is 2.14. The number of rotatable bonds is 5. The first kappa shape index (κ1) is 14.8. The number of hydrogen-bond acceptors (Lipinski definition) is 4. The lowest BCUT2D eigenvalue weighted by molar-refractivity contribution is 0.594. The normalized spacial score (nSPS) is 11.7. The molecule has 0 spiro atoms. The lowest BCUT2D eigenvalue weighted by Crippen LogP contribution is -2.13. The van der Waals surface area contributed by atoms with Gasteiger partial charge in [-0.05, 0) is 12.1 Å². The van der Waals surface area contributed by atoms with Crippen LogP contribution >= 0.6 is 11.6 Å². The lowest BCUT2D eigenvalue weighted by Gasteiger charge is -2.07. The van der Waals surface area contributed by atoms with Crippen molar-refractivity contribution in [3.8, 4) is 6.07 Å². The van der Waals surface area contributed by atoms with Crippen LogP contribution < -0.4 is 0 Å².